The maximum atomic E-state index is 12.0. The number of benzene rings is 1. The summed E-state index contributed by atoms with van der Waals surface area (Å²) in [6, 6.07) is 3.98. The number of aldehydes is 1. The van der Waals surface area contributed by atoms with E-state index in [2.05, 4.69) is 26.6 Å². The first-order valence-electron chi connectivity index (χ1n) is 9.36. The third kappa shape index (κ3) is 9.87. The third-order valence-electron chi connectivity index (χ3n) is 3.98. The third-order valence-corrected chi connectivity index (χ3v) is 3.98. The van der Waals surface area contributed by atoms with E-state index in [0.29, 0.717) is 12.0 Å². The number of hydrogen-bond donors (Lipinski definition) is 6. The van der Waals surface area contributed by atoms with Gasteiger partial charge in [0.2, 0.25) is 17.7 Å². The van der Waals surface area contributed by atoms with Crippen molar-refractivity contribution in [1.29, 1.82) is 0 Å². The van der Waals surface area contributed by atoms with E-state index < -0.39 is 35.8 Å². The number of carboxylic acids is 1. The van der Waals surface area contributed by atoms with E-state index in [0.717, 1.165) is 0 Å². The highest BCUT2D eigenvalue weighted by atomic mass is 16.4. The van der Waals surface area contributed by atoms with Crippen molar-refractivity contribution in [2.24, 2.45) is 0 Å². The predicted molar refractivity (Wildman–Crippen MR) is 109 cm³/mol. The number of aromatic carboxylic acids is 1. The van der Waals surface area contributed by atoms with Crippen molar-refractivity contribution in [1.82, 2.24) is 21.3 Å². The van der Waals surface area contributed by atoms with E-state index in [1.54, 1.807) is 12.1 Å². The van der Waals surface area contributed by atoms with Gasteiger partial charge < -0.3 is 31.2 Å². The number of urea groups is 1. The molecule has 0 saturated carbocycles. The number of rotatable bonds is 12. The number of amides is 5. The Hall–Kier alpha value is -3.96. The van der Waals surface area contributed by atoms with Gasteiger partial charge in [0, 0.05) is 32.1 Å². The Bertz CT molecular complexity index is 810. The Kier molecular flexibility index (Phi) is 10.8. The van der Waals surface area contributed by atoms with Crippen molar-refractivity contribution in [3.63, 3.8) is 0 Å². The number of carbonyl (C=O) groups is 6. The van der Waals surface area contributed by atoms with Crippen LogP contribution in [0.25, 0.3) is 0 Å². The number of imide groups is 1. The van der Waals surface area contributed by atoms with Crippen LogP contribution in [-0.4, -0.2) is 67.3 Å². The van der Waals surface area contributed by atoms with Gasteiger partial charge in [-0.3, -0.25) is 19.7 Å². The minimum Gasteiger partial charge on any atom is -0.478 e. The maximum absolute atomic E-state index is 12.0. The zero-order chi connectivity index (χ0) is 23.2. The summed E-state index contributed by atoms with van der Waals surface area (Å²) in [5.74, 6) is -2.65. The van der Waals surface area contributed by atoms with Crippen LogP contribution in [0.2, 0.25) is 0 Å². The number of anilines is 1. The summed E-state index contributed by atoms with van der Waals surface area (Å²) < 4.78 is 0. The molecule has 0 fully saturated rings. The first kappa shape index (κ1) is 25.1. The SMILES string of the molecule is CNC(=O)C(CCC(=O)NCC=O)NC(=O)NC(=O)CCNc1ccc(C(=O)O)cc1. The summed E-state index contributed by atoms with van der Waals surface area (Å²) in [7, 11) is 1.36. The lowest BCUT2D eigenvalue weighted by Gasteiger charge is -2.17. The molecule has 31 heavy (non-hydrogen) atoms. The van der Waals surface area contributed by atoms with Gasteiger partial charge in [-0.25, -0.2) is 9.59 Å². The minimum absolute atomic E-state index is 0.0279. The largest absolute Gasteiger partial charge is 0.478 e. The second-order valence-corrected chi connectivity index (χ2v) is 6.26. The van der Waals surface area contributed by atoms with Crippen molar-refractivity contribution >= 4 is 41.7 Å². The Morgan fingerprint density at radius 1 is 1.03 bits per heavy atom. The first-order valence-corrected chi connectivity index (χ1v) is 9.36. The number of nitrogens with one attached hydrogen (secondary N) is 5. The quantitative estimate of drug-likeness (QED) is 0.231. The smallest absolute Gasteiger partial charge is 0.335 e. The molecular weight excluding hydrogens is 410 g/mol. The van der Waals surface area contributed by atoms with Gasteiger partial charge in [-0.05, 0) is 30.7 Å². The van der Waals surface area contributed by atoms with E-state index in [4.69, 9.17) is 5.11 Å². The zero-order valence-electron chi connectivity index (χ0n) is 16.9. The summed E-state index contributed by atoms with van der Waals surface area (Å²) in [5.41, 5.74) is 0.738. The molecule has 0 aliphatic carbocycles. The molecule has 1 aromatic rings. The monoisotopic (exact) mass is 435 g/mol. The second-order valence-electron chi connectivity index (χ2n) is 6.26. The van der Waals surface area contributed by atoms with E-state index in [9.17, 15) is 28.8 Å². The van der Waals surface area contributed by atoms with Crippen molar-refractivity contribution in [2.45, 2.75) is 25.3 Å². The lowest BCUT2D eigenvalue weighted by atomic mass is 10.1. The molecule has 0 aliphatic heterocycles. The molecule has 0 aliphatic rings. The van der Waals surface area contributed by atoms with Gasteiger partial charge in [0.25, 0.3) is 0 Å². The lowest BCUT2D eigenvalue weighted by molar-refractivity contribution is -0.124. The van der Waals surface area contributed by atoms with Crippen molar-refractivity contribution in [3.05, 3.63) is 29.8 Å². The van der Waals surface area contributed by atoms with Crippen LogP contribution in [0.4, 0.5) is 10.5 Å². The Labute approximate surface area is 178 Å². The van der Waals surface area contributed by atoms with E-state index in [1.807, 2.05) is 0 Å². The van der Waals surface area contributed by atoms with Crippen LogP contribution in [0, 0.1) is 0 Å². The lowest BCUT2D eigenvalue weighted by Crippen LogP contribution is -2.51. The van der Waals surface area contributed by atoms with Crippen LogP contribution in [-0.2, 0) is 19.2 Å². The highest BCUT2D eigenvalue weighted by molar-refractivity contribution is 5.96. The fourth-order valence-corrected chi connectivity index (χ4v) is 2.40. The van der Waals surface area contributed by atoms with Crippen LogP contribution in [0.5, 0.6) is 0 Å². The second kappa shape index (κ2) is 13.3. The number of likely N-dealkylation sites (N-methyl/N-ethyl adjacent to an activating group) is 1. The fraction of sp³-hybridized carbons (Fsp3) is 0.368. The van der Waals surface area contributed by atoms with E-state index in [-0.39, 0.29) is 37.9 Å². The van der Waals surface area contributed by atoms with Crippen LogP contribution in [0.3, 0.4) is 0 Å². The molecule has 12 nitrogen and oxygen atoms in total. The summed E-state index contributed by atoms with van der Waals surface area (Å²) in [6.45, 7) is 0.0327. The maximum Gasteiger partial charge on any atom is 0.335 e. The molecule has 0 saturated heterocycles. The Balaban J connectivity index is 2.43. The van der Waals surface area contributed by atoms with Crippen molar-refractivity contribution < 1.29 is 33.9 Å². The minimum atomic E-state index is -1.05. The molecular formula is C19H25N5O7. The van der Waals surface area contributed by atoms with Gasteiger partial charge in [-0.15, -0.1) is 0 Å². The summed E-state index contributed by atoms with van der Waals surface area (Å²) in [4.78, 5) is 68.4. The van der Waals surface area contributed by atoms with Crippen LogP contribution in [0.15, 0.2) is 24.3 Å². The molecule has 0 heterocycles. The standard InChI is InChI=1S/C19H25N5O7/c1-20-17(28)14(6-7-15(26)22-10-11-25)23-19(31)24-16(27)8-9-21-13-4-2-12(3-5-13)18(29)30/h2-5,11,14,21H,6-10H2,1H3,(H,20,28)(H,22,26)(H,29,30)(H2,23,24,27,31). The summed E-state index contributed by atoms with van der Waals surface area (Å²) in [6.07, 6.45) is 0.322. The predicted octanol–water partition coefficient (Wildman–Crippen LogP) is -0.777. The molecule has 6 N–H and O–H groups in total. The molecule has 1 unspecified atom stereocenters. The van der Waals surface area contributed by atoms with Gasteiger partial charge in [-0.2, -0.15) is 0 Å². The summed E-state index contributed by atoms with van der Waals surface area (Å²) in [5, 5.41) is 20.8. The molecule has 0 spiro atoms. The van der Waals surface area contributed by atoms with Gasteiger partial charge in [0.1, 0.15) is 12.3 Å². The Morgan fingerprint density at radius 3 is 2.29 bits per heavy atom. The van der Waals surface area contributed by atoms with Gasteiger partial charge >= 0.3 is 12.0 Å². The van der Waals surface area contributed by atoms with Gasteiger partial charge in [0.15, 0.2) is 0 Å². The Morgan fingerprint density at radius 2 is 1.71 bits per heavy atom. The van der Waals surface area contributed by atoms with E-state index in [1.165, 1.54) is 19.2 Å². The molecule has 1 aromatic carbocycles. The zero-order valence-corrected chi connectivity index (χ0v) is 16.9. The average molecular weight is 435 g/mol. The van der Waals surface area contributed by atoms with Crippen LogP contribution < -0.4 is 26.6 Å². The number of hydrogen-bond acceptors (Lipinski definition) is 7. The van der Waals surface area contributed by atoms with Crippen LogP contribution >= 0.6 is 0 Å². The molecule has 12 heteroatoms. The van der Waals surface area contributed by atoms with Crippen molar-refractivity contribution in [2.75, 3.05) is 25.5 Å². The number of carbonyl (C=O) groups excluding carboxylic acids is 5. The molecule has 1 atom stereocenters. The van der Waals surface area contributed by atoms with Crippen LogP contribution in [0.1, 0.15) is 29.6 Å². The normalized spacial score (nSPS) is 10.9. The number of carboxylic acid groups (broad SMARTS) is 1. The highest BCUT2D eigenvalue weighted by Crippen LogP contribution is 2.09. The van der Waals surface area contributed by atoms with Gasteiger partial charge in [0.05, 0.1) is 12.1 Å². The van der Waals surface area contributed by atoms with Gasteiger partial charge in [-0.1, -0.05) is 0 Å². The summed E-state index contributed by atoms with van der Waals surface area (Å²) >= 11 is 0. The molecule has 0 bridgehead atoms. The van der Waals surface area contributed by atoms with Crippen molar-refractivity contribution in [3.8, 4) is 0 Å². The molecule has 1 rings (SSSR count). The molecule has 0 aromatic heterocycles. The molecule has 0 radical (unpaired) electrons. The molecule has 168 valence electrons. The molecule has 5 amide bonds. The average Bonchev–Trinajstić information content (AvgIpc) is 2.74. The van der Waals surface area contributed by atoms with E-state index >= 15 is 0 Å². The first-order chi connectivity index (χ1) is 14.8. The fourth-order valence-electron chi connectivity index (χ4n) is 2.40. The topological polar surface area (TPSA) is 183 Å². The highest BCUT2D eigenvalue weighted by Gasteiger charge is 2.21.